The summed E-state index contributed by atoms with van der Waals surface area (Å²) in [7, 11) is -1.65. The lowest BCUT2D eigenvalue weighted by atomic mass is 10.1. The Hall–Kier alpha value is -0.170. The van der Waals surface area contributed by atoms with Crippen molar-refractivity contribution in [1.82, 2.24) is 10.0 Å². The smallest absolute Gasteiger partial charge is 0.214 e. The number of nitrogens with one attached hydrogen (secondary N) is 2. The van der Waals surface area contributed by atoms with E-state index in [1.807, 2.05) is 0 Å². The standard InChI is InChI=1S/C8H18N2O3S/c1-13-6-7-14(11,12)10-8-2-4-9-5-3-8/h8-10H,2-7H2,1H3. The molecule has 0 aromatic carbocycles. The summed E-state index contributed by atoms with van der Waals surface area (Å²) in [5.41, 5.74) is 0. The van der Waals surface area contributed by atoms with Crippen LogP contribution in [0.1, 0.15) is 12.8 Å². The lowest BCUT2D eigenvalue weighted by molar-refractivity contribution is 0.216. The van der Waals surface area contributed by atoms with Gasteiger partial charge >= 0.3 is 0 Å². The summed E-state index contributed by atoms with van der Waals surface area (Å²) >= 11 is 0. The van der Waals surface area contributed by atoms with Crippen LogP contribution in [0.15, 0.2) is 0 Å². The Bertz CT molecular complexity index is 247. The average molecular weight is 222 g/mol. The number of sulfonamides is 1. The van der Waals surface area contributed by atoms with E-state index in [4.69, 9.17) is 4.74 Å². The topological polar surface area (TPSA) is 67.4 Å². The predicted molar refractivity (Wildman–Crippen MR) is 54.7 cm³/mol. The van der Waals surface area contributed by atoms with Gasteiger partial charge in [0.25, 0.3) is 0 Å². The maximum Gasteiger partial charge on any atom is 0.214 e. The first-order chi connectivity index (χ1) is 6.64. The van der Waals surface area contributed by atoms with Gasteiger partial charge in [0.15, 0.2) is 0 Å². The van der Waals surface area contributed by atoms with Crippen LogP contribution in [0.3, 0.4) is 0 Å². The molecule has 1 aliphatic rings. The first kappa shape index (κ1) is 11.9. The second-order valence-corrected chi connectivity index (χ2v) is 5.33. The minimum atomic E-state index is -3.15. The monoisotopic (exact) mass is 222 g/mol. The van der Waals surface area contributed by atoms with Crippen molar-refractivity contribution < 1.29 is 13.2 Å². The number of ether oxygens (including phenoxy) is 1. The van der Waals surface area contributed by atoms with Crippen LogP contribution in [-0.4, -0.2) is 47.0 Å². The van der Waals surface area contributed by atoms with Gasteiger partial charge < -0.3 is 10.1 Å². The van der Waals surface area contributed by atoms with Gasteiger partial charge in [-0.3, -0.25) is 0 Å². The molecule has 0 aromatic heterocycles. The van der Waals surface area contributed by atoms with Gasteiger partial charge in [-0.2, -0.15) is 0 Å². The summed E-state index contributed by atoms with van der Waals surface area (Å²) in [6.07, 6.45) is 1.73. The fourth-order valence-electron chi connectivity index (χ4n) is 1.45. The molecule has 1 aliphatic heterocycles. The van der Waals surface area contributed by atoms with Gasteiger partial charge in [0, 0.05) is 13.2 Å². The second-order valence-electron chi connectivity index (χ2n) is 3.45. The van der Waals surface area contributed by atoms with Crippen LogP contribution >= 0.6 is 0 Å². The molecule has 14 heavy (non-hydrogen) atoms. The first-order valence-electron chi connectivity index (χ1n) is 4.84. The van der Waals surface area contributed by atoms with Crippen LogP contribution in [0.4, 0.5) is 0 Å². The van der Waals surface area contributed by atoms with Crippen molar-refractivity contribution in [2.24, 2.45) is 0 Å². The summed E-state index contributed by atoms with van der Waals surface area (Å²) < 4.78 is 30.3. The highest BCUT2D eigenvalue weighted by atomic mass is 32.2. The number of hydrogen-bond acceptors (Lipinski definition) is 4. The third kappa shape index (κ3) is 4.36. The summed E-state index contributed by atoms with van der Waals surface area (Å²) in [6, 6.07) is 0.0955. The summed E-state index contributed by atoms with van der Waals surface area (Å²) in [5.74, 6) is 0.0490. The van der Waals surface area contributed by atoms with Crippen LogP contribution < -0.4 is 10.0 Å². The number of hydrogen-bond donors (Lipinski definition) is 2. The molecule has 0 aliphatic carbocycles. The normalized spacial score (nSPS) is 19.8. The highest BCUT2D eigenvalue weighted by molar-refractivity contribution is 7.89. The van der Waals surface area contributed by atoms with Gasteiger partial charge in [0.05, 0.1) is 12.4 Å². The molecule has 1 fully saturated rings. The minimum Gasteiger partial charge on any atom is -0.384 e. The molecular formula is C8H18N2O3S. The summed E-state index contributed by atoms with van der Waals surface area (Å²) in [4.78, 5) is 0. The molecule has 5 nitrogen and oxygen atoms in total. The maximum absolute atomic E-state index is 11.4. The maximum atomic E-state index is 11.4. The van der Waals surface area contributed by atoms with Crippen molar-refractivity contribution in [1.29, 1.82) is 0 Å². The molecular weight excluding hydrogens is 204 g/mol. The van der Waals surface area contributed by atoms with Crippen LogP contribution in [-0.2, 0) is 14.8 Å². The van der Waals surface area contributed by atoms with Crippen molar-refractivity contribution in [2.45, 2.75) is 18.9 Å². The van der Waals surface area contributed by atoms with Gasteiger partial charge in [0.1, 0.15) is 0 Å². The van der Waals surface area contributed by atoms with Crippen molar-refractivity contribution in [2.75, 3.05) is 32.6 Å². The molecule has 84 valence electrons. The lowest BCUT2D eigenvalue weighted by Crippen LogP contribution is -2.43. The zero-order valence-electron chi connectivity index (χ0n) is 8.45. The van der Waals surface area contributed by atoms with Gasteiger partial charge in [0.2, 0.25) is 10.0 Å². The fraction of sp³-hybridized carbons (Fsp3) is 1.00. The van der Waals surface area contributed by atoms with E-state index >= 15 is 0 Å². The lowest BCUT2D eigenvalue weighted by Gasteiger charge is -2.23. The van der Waals surface area contributed by atoms with Gasteiger partial charge in [-0.1, -0.05) is 0 Å². The highest BCUT2D eigenvalue weighted by Crippen LogP contribution is 2.03. The largest absolute Gasteiger partial charge is 0.384 e. The van der Waals surface area contributed by atoms with Gasteiger partial charge in [-0.05, 0) is 25.9 Å². The molecule has 0 atom stereocenters. The minimum absolute atomic E-state index is 0.0490. The van der Waals surface area contributed by atoms with E-state index in [9.17, 15) is 8.42 Å². The molecule has 0 bridgehead atoms. The number of rotatable bonds is 5. The summed E-state index contributed by atoms with van der Waals surface area (Å²) in [5, 5.41) is 3.18. The van der Waals surface area contributed by atoms with E-state index in [1.54, 1.807) is 0 Å². The third-order valence-electron chi connectivity index (χ3n) is 2.24. The van der Waals surface area contributed by atoms with Crippen molar-refractivity contribution in [3.05, 3.63) is 0 Å². The van der Waals surface area contributed by atoms with Crippen molar-refractivity contribution >= 4 is 10.0 Å². The summed E-state index contributed by atoms with van der Waals surface area (Å²) in [6.45, 7) is 2.02. The first-order valence-corrected chi connectivity index (χ1v) is 6.49. The molecule has 0 aromatic rings. The van der Waals surface area contributed by atoms with E-state index in [2.05, 4.69) is 10.0 Å². The molecule has 6 heteroatoms. The second kappa shape index (κ2) is 5.65. The van der Waals surface area contributed by atoms with Crippen LogP contribution in [0.5, 0.6) is 0 Å². The number of methoxy groups -OCH3 is 1. The quantitative estimate of drug-likeness (QED) is 0.646. The molecule has 1 heterocycles. The molecule has 0 radical (unpaired) electrons. The third-order valence-corrected chi connectivity index (χ3v) is 3.64. The van der Waals surface area contributed by atoms with Crippen LogP contribution in [0, 0.1) is 0 Å². The molecule has 2 N–H and O–H groups in total. The van der Waals surface area contributed by atoms with Crippen molar-refractivity contribution in [3.8, 4) is 0 Å². The Morgan fingerprint density at radius 1 is 1.43 bits per heavy atom. The zero-order valence-corrected chi connectivity index (χ0v) is 9.27. The number of piperidine rings is 1. The van der Waals surface area contributed by atoms with E-state index in [1.165, 1.54) is 7.11 Å². The SMILES string of the molecule is COCCS(=O)(=O)NC1CCNCC1. The van der Waals surface area contributed by atoms with E-state index in [-0.39, 0.29) is 18.4 Å². The van der Waals surface area contributed by atoms with Crippen molar-refractivity contribution in [3.63, 3.8) is 0 Å². The predicted octanol–water partition coefficient (Wildman–Crippen LogP) is -0.696. The molecule has 0 spiro atoms. The Morgan fingerprint density at radius 3 is 2.64 bits per heavy atom. The van der Waals surface area contributed by atoms with E-state index in [0.717, 1.165) is 25.9 Å². The molecule has 0 saturated carbocycles. The van der Waals surface area contributed by atoms with Crippen LogP contribution in [0.2, 0.25) is 0 Å². The molecule has 1 saturated heterocycles. The molecule has 1 rings (SSSR count). The molecule has 0 amide bonds. The van der Waals surface area contributed by atoms with E-state index in [0.29, 0.717) is 0 Å². The Balaban J connectivity index is 2.33. The Kier molecular flexibility index (Phi) is 4.80. The fourth-order valence-corrected chi connectivity index (χ4v) is 2.69. The highest BCUT2D eigenvalue weighted by Gasteiger charge is 2.19. The van der Waals surface area contributed by atoms with Gasteiger partial charge in [-0.15, -0.1) is 0 Å². The van der Waals surface area contributed by atoms with E-state index < -0.39 is 10.0 Å². The molecule has 0 unspecified atom stereocenters. The average Bonchev–Trinajstić information content (AvgIpc) is 2.16. The zero-order chi connectivity index (χ0) is 10.4. The Labute approximate surface area is 85.3 Å². The Morgan fingerprint density at radius 2 is 2.07 bits per heavy atom. The van der Waals surface area contributed by atoms with Gasteiger partial charge in [-0.25, -0.2) is 13.1 Å². The van der Waals surface area contributed by atoms with Crippen LogP contribution in [0.25, 0.3) is 0 Å².